The smallest absolute Gasteiger partial charge is 0.222 e. The van der Waals surface area contributed by atoms with Gasteiger partial charge < -0.3 is 5.32 Å². The highest BCUT2D eigenvalue weighted by atomic mass is 32.2. The van der Waals surface area contributed by atoms with Gasteiger partial charge in [0.25, 0.3) is 0 Å². The number of carbonyl (C=O) groups excluding carboxylic acids is 1. The molecule has 1 aromatic carbocycles. The zero-order chi connectivity index (χ0) is 22.4. The number of benzene rings is 1. The first-order valence-electron chi connectivity index (χ1n) is 9.78. The van der Waals surface area contributed by atoms with Crippen LogP contribution in [0.1, 0.15) is 31.4 Å². The van der Waals surface area contributed by atoms with Gasteiger partial charge in [-0.05, 0) is 48.6 Å². The molecular formula is C20H25N5O3S3. The molecule has 3 aromatic rings. The van der Waals surface area contributed by atoms with E-state index in [1.54, 1.807) is 41.9 Å². The van der Waals surface area contributed by atoms with Crippen molar-refractivity contribution in [3.8, 4) is 10.7 Å². The van der Waals surface area contributed by atoms with Crippen molar-refractivity contribution in [2.45, 2.75) is 45.2 Å². The quantitative estimate of drug-likeness (QED) is 0.387. The van der Waals surface area contributed by atoms with Crippen molar-refractivity contribution in [1.82, 2.24) is 24.8 Å². The molecule has 0 aliphatic heterocycles. The van der Waals surface area contributed by atoms with Gasteiger partial charge >= 0.3 is 0 Å². The molecule has 11 heteroatoms. The summed E-state index contributed by atoms with van der Waals surface area (Å²) in [4.78, 5) is 13.4. The molecule has 0 aliphatic rings. The molecule has 0 unspecified atom stereocenters. The van der Waals surface area contributed by atoms with Crippen LogP contribution in [0, 0.1) is 4.77 Å². The van der Waals surface area contributed by atoms with E-state index in [0.717, 1.165) is 10.4 Å². The van der Waals surface area contributed by atoms with Crippen LogP contribution in [0.2, 0.25) is 0 Å². The van der Waals surface area contributed by atoms with E-state index < -0.39 is 10.0 Å². The third-order valence-electron chi connectivity index (χ3n) is 4.42. The number of hydrogen-bond donors (Lipinski definition) is 3. The maximum Gasteiger partial charge on any atom is 0.222 e. The Morgan fingerprint density at radius 1 is 1.23 bits per heavy atom. The molecule has 2 heterocycles. The molecule has 166 valence electrons. The van der Waals surface area contributed by atoms with Gasteiger partial charge in [0.15, 0.2) is 10.6 Å². The van der Waals surface area contributed by atoms with Crippen LogP contribution in [0.4, 0.5) is 0 Å². The van der Waals surface area contributed by atoms with Gasteiger partial charge in [-0.25, -0.2) is 13.1 Å². The number of nitrogens with one attached hydrogen (secondary N) is 3. The summed E-state index contributed by atoms with van der Waals surface area (Å²) in [7, 11) is -3.45. The van der Waals surface area contributed by atoms with E-state index >= 15 is 0 Å². The molecule has 0 spiro atoms. The van der Waals surface area contributed by atoms with E-state index in [0.29, 0.717) is 22.7 Å². The second-order valence-corrected chi connectivity index (χ2v) is 10.4. The lowest BCUT2D eigenvalue weighted by atomic mass is 10.1. The number of hydrogen-bond acceptors (Lipinski definition) is 6. The molecule has 0 aliphatic carbocycles. The minimum atomic E-state index is -3.45. The van der Waals surface area contributed by atoms with Crippen molar-refractivity contribution in [2.75, 3.05) is 0 Å². The molecular weight excluding hydrogens is 454 g/mol. The second-order valence-electron chi connectivity index (χ2n) is 7.31. The van der Waals surface area contributed by atoms with Crippen molar-refractivity contribution < 1.29 is 13.2 Å². The number of nitrogens with zero attached hydrogens (tertiary/aromatic N) is 2. The standard InChI is InChI=1S/C20H25N5O3S3/c1-14(2)24-31(27,28)13-16-7-4-3-6-15(16)12-21-18(26)9-10-25-19(22-23-20(25)29)17-8-5-11-30-17/h3-8,11,14,24H,9-10,12-13H2,1-2H3,(H,21,26)(H,23,29). The Morgan fingerprint density at radius 3 is 2.65 bits per heavy atom. The van der Waals surface area contributed by atoms with Crippen molar-refractivity contribution >= 4 is 39.5 Å². The lowest BCUT2D eigenvalue weighted by Crippen LogP contribution is -2.32. The zero-order valence-corrected chi connectivity index (χ0v) is 19.7. The number of aromatic nitrogens is 3. The summed E-state index contributed by atoms with van der Waals surface area (Å²) < 4.78 is 29.4. The Kier molecular flexibility index (Phi) is 7.76. The van der Waals surface area contributed by atoms with Crippen LogP contribution in [0.25, 0.3) is 10.7 Å². The fourth-order valence-electron chi connectivity index (χ4n) is 3.09. The van der Waals surface area contributed by atoms with Gasteiger partial charge in [-0.15, -0.1) is 11.3 Å². The fourth-order valence-corrected chi connectivity index (χ4v) is 5.53. The summed E-state index contributed by atoms with van der Waals surface area (Å²) >= 11 is 6.84. The van der Waals surface area contributed by atoms with E-state index in [4.69, 9.17) is 12.2 Å². The summed E-state index contributed by atoms with van der Waals surface area (Å²) in [6.07, 6.45) is 0.224. The predicted octanol–water partition coefficient (Wildman–Crippen LogP) is 3.20. The maximum absolute atomic E-state index is 12.4. The van der Waals surface area contributed by atoms with Gasteiger partial charge in [-0.2, -0.15) is 5.10 Å². The number of aromatic amines is 1. The zero-order valence-electron chi connectivity index (χ0n) is 17.3. The highest BCUT2D eigenvalue weighted by Gasteiger charge is 2.16. The summed E-state index contributed by atoms with van der Waals surface area (Å²) in [5.41, 5.74) is 1.43. The molecule has 0 fully saturated rings. The molecule has 3 N–H and O–H groups in total. The number of carbonyl (C=O) groups is 1. The van der Waals surface area contributed by atoms with Gasteiger partial charge in [0.1, 0.15) is 0 Å². The molecule has 0 atom stereocenters. The van der Waals surface area contributed by atoms with Crippen molar-refractivity contribution in [3.05, 3.63) is 57.7 Å². The minimum Gasteiger partial charge on any atom is -0.352 e. The minimum absolute atomic E-state index is 0.133. The third-order valence-corrected chi connectivity index (χ3v) is 7.12. The molecule has 3 rings (SSSR count). The van der Waals surface area contributed by atoms with Crippen LogP contribution < -0.4 is 10.0 Å². The van der Waals surface area contributed by atoms with Crippen LogP contribution in [0.3, 0.4) is 0 Å². The number of sulfonamides is 1. The van der Waals surface area contributed by atoms with Crippen molar-refractivity contribution in [1.29, 1.82) is 0 Å². The average Bonchev–Trinajstić information content (AvgIpc) is 3.34. The van der Waals surface area contributed by atoms with Crippen LogP contribution >= 0.6 is 23.6 Å². The summed E-state index contributed by atoms with van der Waals surface area (Å²) in [6.45, 7) is 4.20. The van der Waals surface area contributed by atoms with Crippen LogP contribution in [-0.4, -0.2) is 35.1 Å². The Balaban J connectivity index is 1.60. The number of H-pyrrole nitrogens is 1. The van der Waals surface area contributed by atoms with Crippen molar-refractivity contribution in [2.24, 2.45) is 0 Å². The number of rotatable bonds is 10. The van der Waals surface area contributed by atoms with Crippen LogP contribution in [-0.2, 0) is 33.7 Å². The normalized spacial score (nSPS) is 11.7. The number of amides is 1. The second kappa shape index (κ2) is 10.3. The molecule has 1 amide bonds. The maximum atomic E-state index is 12.4. The van der Waals surface area contributed by atoms with E-state index in [1.807, 2.05) is 29.6 Å². The first-order valence-corrected chi connectivity index (χ1v) is 12.7. The van der Waals surface area contributed by atoms with Gasteiger partial charge in [0.05, 0.1) is 10.6 Å². The Bertz CT molecular complexity index is 1180. The highest BCUT2D eigenvalue weighted by molar-refractivity contribution is 7.88. The van der Waals surface area contributed by atoms with E-state index in [9.17, 15) is 13.2 Å². The molecule has 0 bridgehead atoms. The molecule has 0 saturated carbocycles. The molecule has 0 saturated heterocycles. The van der Waals surface area contributed by atoms with Gasteiger partial charge in [-0.1, -0.05) is 30.3 Å². The fraction of sp³-hybridized carbons (Fsp3) is 0.350. The van der Waals surface area contributed by atoms with Crippen LogP contribution in [0.5, 0.6) is 0 Å². The van der Waals surface area contributed by atoms with E-state index in [2.05, 4.69) is 20.2 Å². The molecule has 31 heavy (non-hydrogen) atoms. The first kappa shape index (κ1) is 23.3. The Labute approximate surface area is 190 Å². The number of thiophene rings is 1. The molecule has 8 nitrogen and oxygen atoms in total. The summed E-state index contributed by atoms with van der Waals surface area (Å²) in [6, 6.07) is 10.9. The lowest BCUT2D eigenvalue weighted by molar-refractivity contribution is -0.121. The highest BCUT2D eigenvalue weighted by Crippen LogP contribution is 2.22. The summed E-state index contributed by atoms with van der Waals surface area (Å²) in [5, 5.41) is 11.9. The monoisotopic (exact) mass is 479 g/mol. The van der Waals surface area contributed by atoms with Crippen LogP contribution in [0.15, 0.2) is 41.8 Å². The molecule has 0 radical (unpaired) electrons. The Morgan fingerprint density at radius 2 is 1.97 bits per heavy atom. The lowest BCUT2D eigenvalue weighted by Gasteiger charge is -2.13. The topological polar surface area (TPSA) is 109 Å². The largest absolute Gasteiger partial charge is 0.352 e. The third kappa shape index (κ3) is 6.57. The van der Waals surface area contributed by atoms with E-state index in [-0.39, 0.29) is 30.7 Å². The van der Waals surface area contributed by atoms with Crippen molar-refractivity contribution in [3.63, 3.8) is 0 Å². The van der Waals surface area contributed by atoms with Gasteiger partial charge in [0.2, 0.25) is 15.9 Å². The average molecular weight is 480 g/mol. The molecule has 2 aromatic heterocycles. The SMILES string of the molecule is CC(C)NS(=O)(=O)Cc1ccccc1CNC(=O)CCn1c(-c2cccs2)n[nH]c1=S. The first-order chi connectivity index (χ1) is 14.7. The van der Waals surface area contributed by atoms with Gasteiger partial charge in [-0.3, -0.25) is 14.5 Å². The summed E-state index contributed by atoms with van der Waals surface area (Å²) in [5.74, 6) is 0.421. The Hall–Kier alpha value is -2.34. The van der Waals surface area contributed by atoms with E-state index in [1.165, 1.54) is 0 Å². The predicted molar refractivity (Wildman–Crippen MR) is 125 cm³/mol. The van der Waals surface area contributed by atoms with Gasteiger partial charge in [0, 0.05) is 25.6 Å².